The second kappa shape index (κ2) is 5.56. The maximum Gasteiger partial charge on any atom is 0.323 e. The summed E-state index contributed by atoms with van der Waals surface area (Å²) in [5, 5.41) is 11.0. The van der Waals surface area contributed by atoms with Crippen molar-refractivity contribution in [1.82, 2.24) is 4.90 Å². The van der Waals surface area contributed by atoms with Gasteiger partial charge in [0.05, 0.1) is 0 Å². The van der Waals surface area contributed by atoms with E-state index in [2.05, 4.69) is 0 Å². The zero-order chi connectivity index (χ0) is 15.6. The van der Waals surface area contributed by atoms with Crippen LogP contribution < -0.4 is 0 Å². The van der Waals surface area contributed by atoms with Crippen LogP contribution in [0.5, 0.6) is 0 Å². The molecule has 1 N–H and O–H groups in total. The molecule has 0 atom stereocenters. The van der Waals surface area contributed by atoms with E-state index in [1.54, 1.807) is 12.1 Å². The Balaban J connectivity index is 2.40. The average Bonchev–Trinajstić information content (AvgIpc) is 2.42. The van der Waals surface area contributed by atoms with E-state index < -0.39 is 11.5 Å². The first kappa shape index (κ1) is 15.0. The number of rotatable bonds is 3. The van der Waals surface area contributed by atoms with E-state index in [0.29, 0.717) is 5.56 Å². The Hall–Kier alpha value is -2.36. The van der Waals surface area contributed by atoms with Crippen LogP contribution in [0.3, 0.4) is 0 Å². The first-order valence-electron chi connectivity index (χ1n) is 6.81. The summed E-state index contributed by atoms with van der Waals surface area (Å²) in [7, 11) is 0. The van der Waals surface area contributed by atoms with Crippen LogP contribution in [0.4, 0.5) is 0 Å². The lowest BCUT2D eigenvalue weighted by Gasteiger charge is -2.34. The van der Waals surface area contributed by atoms with Crippen molar-refractivity contribution in [2.45, 2.75) is 26.3 Å². The summed E-state index contributed by atoms with van der Waals surface area (Å²) < 4.78 is 0. The molecule has 0 saturated carbocycles. The molecule has 0 saturated heterocycles. The van der Waals surface area contributed by atoms with Crippen LogP contribution in [0.15, 0.2) is 42.5 Å². The average molecular weight is 285 g/mol. The summed E-state index contributed by atoms with van der Waals surface area (Å²) in [5.41, 5.74) is -0.0499. The number of amides is 1. The SMILES string of the molecule is CC(C)(C)N(CC(=O)O)C(=O)c1ccc2ccccc2c1. The highest BCUT2D eigenvalue weighted by molar-refractivity contribution is 6.00. The molecule has 2 aromatic rings. The maximum atomic E-state index is 12.6. The van der Waals surface area contributed by atoms with Gasteiger partial charge in [-0.3, -0.25) is 9.59 Å². The van der Waals surface area contributed by atoms with Gasteiger partial charge in [0, 0.05) is 11.1 Å². The molecular formula is C17H19NO3. The Labute approximate surface area is 124 Å². The number of carbonyl (C=O) groups is 2. The van der Waals surface area contributed by atoms with Crippen molar-refractivity contribution >= 4 is 22.6 Å². The third-order valence-electron chi connectivity index (χ3n) is 3.34. The number of nitrogens with zero attached hydrogens (tertiary/aromatic N) is 1. The van der Waals surface area contributed by atoms with Crippen LogP contribution in [-0.2, 0) is 4.79 Å². The normalized spacial score (nSPS) is 11.4. The van der Waals surface area contributed by atoms with Crippen LogP contribution in [0.1, 0.15) is 31.1 Å². The van der Waals surface area contributed by atoms with Crippen molar-refractivity contribution < 1.29 is 14.7 Å². The van der Waals surface area contributed by atoms with Crippen LogP contribution in [-0.4, -0.2) is 34.0 Å². The van der Waals surface area contributed by atoms with E-state index >= 15 is 0 Å². The van der Waals surface area contributed by atoms with Gasteiger partial charge in [-0.05, 0) is 43.7 Å². The lowest BCUT2D eigenvalue weighted by atomic mass is 10.0. The van der Waals surface area contributed by atoms with E-state index in [1.165, 1.54) is 4.90 Å². The topological polar surface area (TPSA) is 57.6 Å². The number of carboxylic acid groups (broad SMARTS) is 1. The van der Waals surface area contributed by atoms with Crippen molar-refractivity contribution in [3.63, 3.8) is 0 Å². The summed E-state index contributed by atoms with van der Waals surface area (Å²) in [6.45, 7) is 5.17. The molecule has 0 radical (unpaired) electrons. The molecule has 0 aromatic heterocycles. The molecule has 2 aromatic carbocycles. The number of carboxylic acids is 1. The summed E-state index contributed by atoms with van der Waals surface area (Å²) >= 11 is 0. The van der Waals surface area contributed by atoms with Gasteiger partial charge in [-0.1, -0.05) is 30.3 Å². The molecule has 4 nitrogen and oxygen atoms in total. The van der Waals surface area contributed by atoms with E-state index in [9.17, 15) is 9.59 Å². The quantitative estimate of drug-likeness (QED) is 0.942. The number of carbonyl (C=O) groups excluding carboxylic acids is 1. The lowest BCUT2D eigenvalue weighted by molar-refractivity contribution is -0.138. The molecule has 0 fully saturated rings. The first-order valence-corrected chi connectivity index (χ1v) is 6.81. The number of aliphatic carboxylic acids is 1. The second-order valence-corrected chi connectivity index (χ2v) is 6.02. The lowest BCUT2D eigenvalue weighted by Crippen LogP contribution is -2.48. The molecule has 0 heterocycles. The molecule has 1 amide bonds. The van der Waals surface area contributed by atoms with Gasteiger partial charge >= 0.3 is 5.97 Å². The molecule has 110 valence electrons. The van der Waals surface area contributed by atoms with Gasteiger partial charge in [0.2, 0.25) is 0 Å². The van der Waals surface area contributed by atoms with Gasteiger partial charge < -0.3 is 10.0 Å². The number of hydrogen-bond acceptors (Lipinski definition) is 2. The minimum absolute atomic E-state index is 0.268. The Morgan fingerprint density at radius 1 is 1.05 bits per heavy atom. The minimum atomic E-state index is -1.01. The van der Waals surface area contributed by atoms with Gasteiger partial charge in [-0.2, -0.15) is 0 Å². The Morgan fingerprint density at radius 2 is 1.67 bits per heavy atom. The standard InChI is InChI=1S/C17H19NO3/c1-17(2,3)18(11-15(19)20)16(21)14-9-8-12-6-4-5-7-13(12)10-14/h4-10H,11H2,1-3H3,(H,19,20). The van der Waals surface area contributed by atoms with E-state index in [4.69, 9.17) is 5.11 Å². The molecule has 4 heteroatoms. The summed E-state index contributed by atoms with van der Waals surface area (Å²) in [4.78, 5) is 25.0. The Bertz CT molecular complexity index is 686. The van der Waals surface area contributed by atoms with Crippen molar-refractivity contribution in [1.29, 1.82) is 0 Å². The van der Waals surface area contributed by atoms with E-state index in [1.807, 2.05) is 51.1 Å². The molecular weight excluding hydrogens is 266 g/mol. The molecule has 21 heavy (non-hydrogen) atoms. The number of fused-ring (bicyclic) bond motifs is 1. The van der Waals surface area contributed by atoms with Gasteiger partial charge in [0.1, 0.15) is 6.54 Å². The van der Waals surface area contributed by atoms with Crippen molar-refractivity contribution in [3.8, 4) is 0 Å². The fourth-order valence-electron chi connectivity index (χ4n) is 2.23. The zero-order valence-electron chi connectivity index (χ0n) is 12.5. The van der Waals surface area contributed by atoms with Crippen molar-refractivity contribution in [2.75, 3.05) is 6.54 Å². The second-order valence-electron chi connectivity index (χ2n) is 6.02. The third kappa shape index (κ3) is 3.40. The van der Waals surface area contributed by atoms with Crippen LogP contribution in [0, 0.1) is 0 Å². The van der Waals surface area contributed by atoms with Crippen LogP contribution >= 0.6 is 0 Å². The van der Waals surface area contributed by atoms with Gasteiger partial charge in [0.15, 0.2) is 0 Å². The highest BCUT2D eigenvalue weighted by Crippen LogP contribution is 2.20. The highest BCUT2D eigenvalue weighted by atomic mass is 16.4. The molecule has 0 aliphatic heterocycles. The largest absolute Gasteiger partial charge is 0.480 e. The van der Waals surface area contributed by atoms with Gasteiger partial charge in [-0.15, -0.1) is 0 Å². The van der Waals surface area contributed by atoms with Crippen LogP contribution in [0.25, 0.3) is 10.8 Å². The predicted octanol–water partition coefficient (Wildman–Crippen LogP) is 3.17. The summed E-state index contributed by atoms with van der Waals surface area (Å²) in [6.07, 6.45) is 0. The molecule has 0 bridgehead atoms. The fourth-order valence-corrected chi connectivity index (χ4v) is 2.23. The maximum absolute atomic E-state index is 12.6. The Kier molecular flexibility index (Phi) is 3.98. The smallest absolute Gasteiger partial charge is 0.323 e. The molecule has 0 unspecified atom stereocenters. The number of benzene rings is 2. The molecule has 0 aliphatic rings. The molecule has 0 aliphatic carbocycles. The third-order valence-corrected chi connectivity index (χ3v) is 3.34. The summed E-state index contributed by atoms with van der Waals surface area (Å²) in [6, 6.07) is 13.2. The zero-order valence-corrected chi connectivity index (χ0v) is 12.5. The van der Waals surface area contributed by atoms with Gasteiger partial charge in [0.25, 0.3) is 5.91 Å². The Morgan fingerprint density at radius 3 is 2.24 bits per heavy atom. The summed E-state index contributed by atoms with van der Waals surface area (Å²) in [5.74, 6) is -1.28. The highest BCUT2D eigenvalue weighted by Gasteiger charge is 2.29. The van der Waals surface area contributed by atoms with Crippen molar-refractivity contribution in [3.05, 3.63) is 48.0 Å². The predicted molar refractivity (Wildman–Crippen MR) is 82.4 cm³/mol. The van der Waals surface area contributed by atoms with Gasteiger partial charge in [-0.25, -0.2) is 0 Å². The monoisotopic (exact) mass is 285 g/mol. The van der Waals surface area contributed by atoms with E-state index in [-0.39, 0.29) is 12.5 Å². The minimum Gasteiger partial charge on any atom is -0.480 e. The molecule has 2 rings (SSSR count). The van der Waals surface area contributed by atoms with Crippen LogP contribution in [0.2, 0.25) is 0 Å². The van der Waals surface area contributed by atoms with Crippen molar-refractivity contribution in [2.24, 2.45) is 0 Å². The first-order chi connectivity index (χ1) is 9.79. The fraction of sp³-hybridized carbons (Fsp3) is 0.294. The van der Waals surface area contributed by atoms with E-state index in [0.717, 1.165) is 10.8 Å². The number of hydrogen-bond donors (Lipinski definition) is 1. The molecule has 0 spiro atoms.